The smallest absolute Gasteiger partial charge is 0.257 e. The Hall–Kier alpha value is -1.28. The van der Waals surface area contributed by atoms with Crippen molar-refractivity contribution >= 4 is 52.5 Å². The Morgan fingerprint density at radius 1 is 1.35 bits per heavy atom. The highest BCUT2D eigenvalue weighted by Crippen LogP contribution is 2.32. The van der Waals surface area contributed by atoms with Gasteiger partial charge in [0.05, 0.1) is 5.56 Å². The van der Waals surface area contributed by atoms with E-state index in [2.05, 4.69) is 15.3 Å². The van der Waals surface area contributed by atoms with Gasteiger partial charge in [0.25, 0.3) is 5.91 Å². The maximum atomic E-state index is 13.8. The van der Waals surface area contributed by atoms with Crippen molar-refractivity contribution in [2.75, 3.05) is 5.75 Å². The van der Waals surface area contributed by atoms with E-state index < -0.39 is 21.7 Å². The summed E-state index contributed by atoms with van der Waals surface area (Å²) in [6.07, 6.45) is -1.40. The fourth-order valence-corrected chi connectivity index (χ4v) is 2.83. The van der Waals surface area contributed by atoms with Crippen molar-refractivity contribution in [3.8, 4) is 5.88 Å². The summed E-state index contributed by atoms with van der Waals surface area (Å²) in [7, 11) is 0. The first kappa shape index (κ1) is 21.0. The minimum atomic E-state index is -2.02. The fraction of sp³-hybridized carbons (Fsp3) is 0.312. The maximum Gasteiger partial charge on any atom is 0.257 e. The van der Waals surface area contributed by atoms with Crippen LogP contribution in [0.2, 0.25) is 0 Å². The molecule has 0 fully saturated rings. The van der Waals surface area contributed by atoms with Gasteiger partial charge in [-0.15, -0.1) is 0 Å². The lowest BCUT2D eigenvalue weighted by molar-refractivity contribution is 0.0820. The summed E-state index contributed by atoms with van der Waals surface area (Å²) >= 11 is 19.1. The van der Waals surface area contributed by atoms with Crippen molar-refractivity contribution in [3.63, 3.8) is 0 Å². The molecular weight excluding hydrogens is 424 g/mol. The Kier molecular flexibility index (Phi) is 7.34. The second-order valence-corrected chi connectivity index (χ2v) is 8.66. The van der Waals surface area contributed by atoms with Crippen LogP contribution in [0.15, 0.2) is 35.5 Å². The zero-order chi connectivity index (χ0) is 19.3. The largest absolute Gasteiger partial charge is 0.449 e. The van der Waals surface area contributed by atoms with E-state index in [0.717, 1.165) is 11.8 Å². The first-order chi connectivity index (χ1) is 12.2. The molecule has 2 rings (SSSR count). The van der Waals surface area contributed by atoms with Crippen molar-refractivity contribution in [3.05, 3.63) is 47.4 Å². The van der Waals surface area contributed by atoms with Gasteiger partial charge in [0.2, 0.25) is 15.9 Å². The van der Waals surface area contributed by atoms with Crippen molar-refractivity contribution in [2.24, 2.45) is 0 Å². The second-order valence-electron chi connectivity index (χ2n) is 5.06. The monoisotopic (exact) mass is 437 g/mol. The van der Waals surface area contributed by atoms with E-state index in [4.69, 9.17) is 39.5 Å². The molecule has 1 N–H and O–H groups in total. The van der Waals surface area contributed by atoms with Crippen molar-refractivity contribution in [1.29, 1.82) is 0 Å². The van der Waals surface area contributed by atoms with Gasteiger partial charge in [-0.25, -0.2) is 9.37 Å². The molecule has 0 bridgehead atoms. The van der Waals surface area contributed by atoms with Gasteiger partial charge in [-0.2, -0.15) is 4.98 Å². The summed E-state index contributed by atoms with van der Waals surface area (Å²) in [6.45, 7) is 3.71. The van der Waals surface area contributed by atoms with E-state index in [1.807, 2.05) is 6.92 Å². The molecule has 0 aliphatic rings. The van der Waals surface area contributed by atoms with Crippen LogP contribution >= 0.6 is 46.6 Å². The Bertz CT molecular complexity index is 790. The lowest BCUT2D eigenvalue weighted by Gasteiger charge is -2.26. The first-order valence-electron chi connectivity index (χ1n) is 7.48. The van der Waals surface area contributed by atoms with Crippen molar-refractivity contribution in [1.82, 2.24) is 15.3 Å². The third-order valence-electron chi connectivity index (χ3n) is 3.00. The molecule has 0 aliphatic heterocycles. The number of amides is 1. The molecule has 10 heteroatoms. The van der Waals surface area contributed by atoms with Crippen molar-refractivity contribution < 1.29 is 13.9 Å². The summed E-state index contributed by atoms with van der Waals surface area (Å²) in [5.41, 5.74) is 0.450. The first-order valence-corrected chi connectivity index (χ1v) is 9.60. The molecule has 2 aromatic rings. The Morgan fingerprint density at radius 3 is 2.65 bits per heavy atom. The number of hydrogen-bond acceptors (Lipinski definition) is 5. The lowest BCUT2D eigenvalue weighted by atomic mass is 10.2. The Morgan fingerprint density at radius 2 is 2.04 bits per heavy atom. The zero-order valence-corrected chi connectivity index (χ0v) is 16.9. The molecule has 1 heterocycles. The molecule has 140 valence electrons. The van der Waals surface area contributed by atoms with Crippen LogP contribution in [0.25, 0.3) is 0 Å². The average Bonchev–Trinajstić information content (AvgIpc) is 2.53. The maximum absolute atomic E-state index is 13.8. The average molecular weight is 439 g/mol. The highest BCUT2D eigenvalue weighted by atomic mass is 35.6. The number of carbonyl (C=O) groups excluding carboxylic acids is 1. The summed E-state index contributed by atoms with van der Waals surface area (Å²) in [6, 6.07) is 6.99. The molecular formula is C16H15Cl3FN3O2S. The number of aryl methyl sites for hydroxylation is 1. The number of alkyl halides is 3. The highest BCUT2D eigenvalue weighted by Gasteiger charge is 2.37. The second kappa shape index (κ2) is 9.08. The highest BCUT2D eigenvalue weighted by molar-refractivity contribution is 7.99. The van der Waals surface area contributed by atoms with Gasteiger partial charge in [-0.05, 0) is 24.8 Å². The summed E-state index contributed by atoms with van der Waals surface area (Å²) in [4.78, 5) is 20.8. The van der Waals surface area contributed by atoms with E-state index in [1.54, 1.807) is 13.0 Å². The summed E-state index contributed by atoms with van der Waals surface area (Å²) in [5.74, 6) is -0.597. The third-order valence-corrected chi connectivity index (χ3v) is 4.32. The summed E-state index contributed by atoms with van der Waals surface area (Å²) < 4.78 is 17.3. The van der Waals surface area contributed by atoms with Crippen LogP contribution in [-0.4, -0.2) is 31.6 Å². The minimum absolute atomic E-state index is 0.124. The van der Waals surface area contributed by atoms with Crippen molar-refractivity contribution in [2.45, 2.75) is 29.0 Å². The molecule has 1 atom stereocenters. The third kappa shape index (κ3) is 5.87. The molecule has 0 aliphatic carbocycles. The summed E-state index contributed by atoms with van der Waals surface area (Å²) in [5, 5.41) is 2.86. The number of nitrogens with zero attached hydrogens (tertiary/aromatic N) is 2. The molecule has 1 unspecified atom stereocenters. The van der Waals surface area contributed by atoms with Gasteiger partial charge >= 0.3 is 0 Å². The van der Waals surface area contributed by atoms with E-state index in [9.17, 15) is 9.18 Å². The van der Waals surface area contributed by atoms with E-state index >= 15 is 0 Å². The van der Waals surface area contributed by atoms with Crippen LogP contribution in [0.1, 0.15) is 23.0 Å². The van der Waals surface area contributed by atoms with Crippen LogP contribution < -0.4 is 10.1 Å². The number of carbonyl (C=O) groups is 1. The van der Waals surface area contributed by atoms with Crippen LogP contribution in [0, 0.1) is 12.7 Å². The van der Waals surface area contributed by atoms with Crippen LogP contribution in [0.3, 0.4) is 0 Å². The number of hydrogen-bond donors (Lipinski definition) is 1. The number of nitrogens with one attached hydrogen (secondary N) is 1. The van der Waals surface area contributed by atoms with E-state index in [0.29, 0.717) is 10.9 Å². The van der Waals surface area contributed by atoms with Gasteiger partial charge in [0.15, 0.2) is 5.16 Å². The van der Waals surface area contributed by atoms with Gasteiger partial charge in [-0.1, -0.05) is 65.6 Å². The molecule has 0 spiro atoms. The number of aromatic nitrogens is 2. The van der Waals surface area contributed by atoms with E-state index in [-0.39, 0.29) is 11.4 Å². The standard InChI is InChI=1S/C16H15Cl3FN3O2S/c1-3-26-15-21-9(2)8-12(22-15)25-14(16(17,18)19)23-13(24)10-6-4-5-7-11(10)20/h4-8,14H,3H2,1-2H3,(H,23,24). The number of benzene rings is 1. The number of rotatable bonds is 6. The Balaban J connectivity index is 2.24. The van der Waals surface area contributed by atoms with Gasteiger partial charge in [0, 0.05) is 11.8 Å². The molecule has 0 saturated carbocycles. The van der Waals surface area contributed by atoms with E-state index in [1.165, 1.54) is 30.0 Å². The lowest BCUT2D eigenvalue weighted by Crippen LogP contribution is -2.48. The number of thioether (sulfide) groups is 1. The van der Waals surface area contributed by atoms with Gasteiger partial charge in [0.1, 0.15) is 5.82 Å². The van der Waals surface area contributed by atoms with Gasteiger partial charge in [-0.3, -0.25) is 4.79 Å². The zero-order valence-electron chi connectivity index (χ0n) is 13.8. The Labute approximate surface area is 169 Å². The predicted octanol–water partition coefficient (Wildman–Crippen LogP) is 4.54. The molecule has 26 heavy (non-hydrogen) atoms. The van der Waals surface area contributed by atoms with Crippen LogP contribution in [0.4, 0.5) is 4.39 Å². The number of halogens is 4. The molecule has 5 nitrogen and oxygen atoms in total. The van der Waals surface area contributed by atoms with Gasteiger partial charge < -0.3 is 10.1 Å². The van der Waals surface area contributed by atoms with Crippen LogP contribution in [-0.2, 0) is 0 Å². The molecule has 0 saturated heterocycles. The fourth-order valence-electron chi connectivity index (χ4n) is 1.91. The predicted molar refractivity (Wildman–Crippen MR) is 102 cm³/mol. The molecule has 0 radical (unpaired) electrons. The quantitative estimate of drug-likeness (QED) is 0.310. The number of ether oxygens (including phenoxy) is 1. The minimum Gasteiger partial charge on any atom is -0.449 e. The topological polar surface area (TPSA) is 64.1 Å². The molecule has 1 aromatic heterocycles. The van der Waals surface area contributed by atoms with Crippen LogP contribution in [0.5, 0.6) is 5.88 Å². The normalized spacial score (nSPS) is 12.5. The molecule has 1 amide bonds. The SMILES string of the molecule is CCSc1nc(C)cc(OC(NC(=O)c2ccccc2F)C(Cl)(Cl)Cl)n1. The molecule has 1 aromatic carbocycles.